The van der Waals surface area contributed by atoms with E-state index < -0.39 is 29.0 Å². The molecule has 0 aliphatic heterocycles. The molecule has 168 valence electrons. The van der Waals surface area contributed by atoms with Crippen LogP contribution in [0.3, 0.4) is 0 Å². The zero-order valence-corrected chi connectivity index (χ0v) is 19.3. The number of rotatable bonds is 7. The Morgan fingerprint density at radius 2 is 1.94 bits per heavy atom. The first-order chi connectivity index (χ1) is 15.2. The van der Waals surface area contributed by atoms with E-state index >= 15 is 0 Å². The van der Waals surface area contributed by atoms with E-state index in [4.69, 9.17) is 4.74 Å². The van der Waals surface area contributed by atoms with Crippen molar-refractivity contribution in [2.75, 3.05) is 17.7 Å². The summed E-state index contributed by atoms with van der Waals surface area (Å²) < 4.78 is 10.6. The molecule has 32 heavy (non-hydrogen) atoms. The topological polar surface area (TPSA) is 137 Å². The van der Waals surface area contributed by atoms with E-state index in [1.165, 1.54) is 18.8 Å². The number of para-hydroxylation sites is 1. The van der Waals surface area contributed by atoms with E-state index in [1.807, 2.05) is 6.07 Å². The number of nitrogens with one attached hydrogen (secondary N) is 2. The third-order valence-electron chi connectivity index (χ3n) is 4.38. The molecule has 0 saturated carbocycles. The molecule has 2 aromatic heterocycles. The van der Waals surface area contributed by atoms with Crippen LogP contribution in [0.5, 0.6) is 5.95 Å². The minimum absolute atomic E-state index is 0.0984. The molecule has 0 aliphatic rings. The molecule has 3 aromatic rings. The molecule has 0 radical (unpaired) electrons. The van der Waals surface area contributed by atoms with Crippen molar-refractivity contribution in [2.24, 2.45) is 7.05 Å². The monoisotopic (exact) mass is 476 g/mol. The highest BCUT2D eigenvalue weighted by atomic mass is 32.2. The van der Waals surface area contributed by atoms with E-state index in [9.17, 15) is 19.5 Å². The lowest BCUT2D eigenvalue weighted by Gasteiger charge is -2.10. The summed E-state index contributed by atoms with van der Waals surface area (Å²) in [5, 5.41) is 20.3. The van der Waals surface area contributed by atoms with Crippen molar-refractivity contribution in [1.29, 1.82) is 0 Å². The van der Waals surface area contributed by atoms with Gasteiger partial charge in [0.05, 0.1) is 28.1 Å². The maximum absolute atomic E-state index is 12.8. The van der Waals surface area contributed by atoms with Crippen molar-refractivity contribution in [3.63, 3.8) is 0 Å². The van der Waals surface area contributed by atoms with E-state index in [-0.39, 0.29) is 20.5 Å². The molecule has 0 bridgehead atoms. The summed E-state index contributed by atoms with van der Waals surface area (Å²) in [6, 6.07) is 8.86. The standard InChI is InChI=1S/C20H20N4O6S2/c1-10-13(19(27)29-4)17(32-14(10)16(26)21-12-8-6-5-7-9-12)22-15(25)11(2)31-18-20(28)30-23-24(18)3/h5-9,11H,1-4H3,(H2-,21,22,23,25,26,27,28). The van der Waals surface area contributed by atoms with Crippen molar-refractivity contribution < 1.29 is 33.4 Å². The number of aryl methyl sites for hydroxylation is 1. The highest BCUT2D eigenvalue weighted by Gasteiger charge is 2.29. The van der Waals surface area contributed by atoms with Gasteiger partial charge in [0.1, 0.15) is 5.00 Å². The lowest BCUT2D eigenvalue weighted by molar-refractivity contribution is -0.772. The number of thioether (sulfide) groups is 1. The van der Waals surface area contributed by atoms with Gasteiger partial charge in [-0.05, 0) is 43.3 Å². The highest BCUT2D eigenvalue weighted by Crippen LogP contribution is 2.35. The summed E-state index contributed by atoms with van der Waals surface area (Å²) in [5.41, 5.74) is 1.08. The highest BCUT2D eigenvalue weighted by molar-refractivity contribution is 8.00. The minimum Gasteiger partial charge on any atom is -0.538 e. The summed E-state index contributed by atoms with van der Waals surface area (Å²) in [6.45, 7) is 3.20. The maximum Gasteiger partial charge on any atom is 0.341 e. The van der Waals surface area contributed by atoms with Crippen LogP contribution in [-0.2, 0) is 16.6 Å². The van der Waals surface area contributed by atoms with Crippen molar-refractivity contribution in [3.8, 4) is 5.95 Å². The first-order valence-electron chi connectivity index (χ1n) is 9.31. The third kappa shape index (κ3) is 4.92. The second-order valence-electron chi connectivity index (χ2n) is 6.61. The van der Waals surface area contributed by atoms with Gasteiger partial charge in [0.25, 0.3) is 10.9 Å². The average molecular weight is 477 g/mol. The molecular weight excluding hydrogens is 456 g/mol. The Morgan fingerprint density at radius 3 is 2.53 bits per heavy atom. The van der Waals surface area contributed by atoms with E-state index in [0.29, 0.717) is 11.3 Å². The largest absolute Gasteiger partial charge is 0.538 e. The summed E-state index contributed by atoms with van der Waals surface area (Å²) in [7, 11) is 2.74. The van der Waals surface area contributed by atoms with Gasteiger partial charge in [-0.15, -0.1) is 11.3 Å². The fourth-order valence-electron chi connectivity index (χ4n) is 2.74. The van der Waals surface area contributed by atoms with Crippen LogP contribution in [0.2, 0.25) is 0 Å². The number of aromatic nitrogens is 2. The molecule has 0 spiro atoms. The number of ether oxygens (including phenoxy) is 1. The second-order valence-corrected chi connectivity index (χ2v) is 8.96. The quantitative estimate of drug-likeness (QED) is 0.300. The van der Waals surface area contributed by atoms with Gasteiger partial charge >= 0.3 is 5.97 Å². The van der Waals surface area contributed by atoms with Crippen LogP contribution in [0.15, 0.2) is 39.9 Å². The van der Waals surface area contributed by atoms with Crippen LogP contribution in [0.25, 0.3) is 0 Å². The Kier molecular flexibility index (Phi) is 7.15. The van der Waals surface area contributed by atoms with Crippen LogP contribution in [-0.4, -0.2) is 35.4 Å². The normalized spacial score (nSPS) is 11.6. The van der Waals surface area contributed by atoms with Gasteiger partial charge in [-0.2, -0.15) is 0 Å². The molecule has 0 fully saturated rings. The summed E-state index contributed by atoms with van der Waals surface area (Å²) in [4.78, 5) is 38.2. The number of nitrogens with zero attached hydrogens (tertiary/aromatic N) is 2. The Balaban J connectivity index is 1.84. The van der Waals surface area contributed by atoms with Crippen LogP contribution in [0, 0.1) is 6.92 Å². The number of carbonyl (C=O) groups excluding carboxylic acids is 3. The van der Waals surface area contributed by atoms with E-state index in [2.05, 4.69) is 20.4 Å². The molecule has 1 unspecified atom stereocenters. The predicted octanol–water partition coefficient (Wildman–Crippen LogP) is 2.10. The van der Waals surface area contributed by atoms with Crippen molar-refractivity contribution >= 4 is 51.6 Å². The molecule has 12 heteroatoms. The number of esters is 1. The SMILES string of the molecule is COC(=O)c1c(NC(=O)C(C)Sc2c([O-])on[n+]2C)sc(C(=O)Nc2ccccc2)c1C. The third-order valence-corrected chi connectivity index (χ3v) is 6.81. The number of benzene rings is 1. The molecule has 2 heterocycles. The average Bonchev–Trinajstić information content (AvgIpc) is 3.27. The zero-order valence-electron chi connectivity index (χ0n) is 17.6. The van der Waals surface area contributed by atoms with Gasteiger partial charge in [-0.1, -0.05) is 22.9 Å². The lowest BCUT2D eigenvalue weighted by Crippen LogP contribution is -2.33. The lowest BCUT2D eigenvalue weighted by atomic mass is 10.1. The number of carbonyl (C=O) groups is 3. The summed E-state index contributed by atoms with van der Waals surface area (Å²) >= 11 is 1.93. The van der Waals surface area contributed by atoms with Gasteiger partial charge in [0.15, 0.2) is 13.0 Å². The number of amides is 2. The molecule has 2 amide bonds. The first-order valence-corrected chi connectivity index (χ1v) is 11.0. The first kappa shape index (κ1) is 23.3. The van der Waals surface area contributed by atoms with Gasteiger partial charge in [-0.3, -0.25) is 9.59 Å². The van der Waals surface area contributed by atoms with Gasteiger partial charge < -0.3 is 25.0 Å². The van der Waals surface area contributed by atoms with Gasteiger partial charge in [-0.25, -0.2) is 4.79 Å². The van der Waals surface area contributed by atoms with Crippen molar-refractivity contribution in [2.45, 2.75) is 24.1 Å². The zero-order chi connectivity index (χ0) is 23.4. The van der Waals surface area contributed by atoms with Crippen LogP contribution < -0.4 is 20.4 Å². The molecule has 3 rings (SSSR count). The van der Waals surface area contributed by atoms with E-state index in [0.717, 1.165) is 23.1 Å². The molecule has 10 nitrogen and oxygen atoms in total. The Bertz CT molecular complexity index is 1140. The molecule has 2 N–H and O–H groups in total. The van der Waals surface area contributed by atoms with Crippen LogP contribution in [0.1, 0.15) is 32.5 Å². The predicted molar refractivity (Wildman–Crippen MR) is 116 cm³/mol. The van der Waals surface area contributed by atoms with Crippen molar-refractivity contribution in [1.82, 2.24) is 5.27 Å². The number of thiophene rings is 1. The van der Waals surface area contributed by atoms with Gasteiger partial charge in [0, 0.05) is 5.69 Å². The van der Waals surface area contributed by atoms with Crippen LogP contribution >= 0.6 is 23.1 Å². The smallest absolute Gasteiger partial charge is 0.341 e. The Morgan fingerprint density at radius 1 is 1.25 bits per heavy atom. The molecule has 1 atom stereocenters. The number of anilines is 2. The number of methoxy groups -OCH3 is 1. The van der Waals surface area contributed by atoms with Crippen LogP contribution in [0.4, 0.5) is 10.7 Å². The maximum atomic E-state index is 12.8. The second kappa shape index (κ2) is 9.83. The van der Waals surface area contributed by atoms with Crippen molar-refractivity contribution in [3.05, 3.63) is 46.3 Å². The minimum atomic E-state index is -0.720. The Labute approximate surface area is 191 Å². The summed E-state index contributed by atoms with van der Waals surface area (Å²) in [6.07, 6.45) is 0. The molecule has 0 saturated heterocycles. The molecule has 0 aliphatic carbocycles. The fourth-order valence-corrected chi connectivity index (χ4v) is 4.65. The van der Waals surface area contributed by atoms with E-state index in [1.54, 1.807) is 38.1 Å². The molecule has 1 aromatic carbocycles. The number of hydrogen-bond donors (Lipinski definition) is 2. The Hall–Kier alpha value is -3.38. The molecular formula is C20H20N4O6S2. The van der Waals surface area contributed by atoms with Gasteiger partial charge in [0.2, 0.25) is 5.91 Å². The summed E-state index contributed by atoms with van der Waals surface area (Å²) in [5.74, 6) is -2.23. The number of hydrogen-bond acceptors (Lipinski definition) is 9. The fraction of sp³-hybridized carbons (Fsp3) is 0.250.